The number of hydrogen-bond donors (Lipinski definition) is 1. The molecule has 146 valence electrons. The largest absolute Gasteiger partial charge is 0.358 e. The maximum absolute atomic E-state index is 13.6. The first kappa shape index (κ1) is 17.2. The molecule has 0 unspecified atom stereocenters. The van der Waals surface area contributed by atoms with Crippen LogP contribution in [0.2, 0.25) is 0 Å². The number of carbonyl (C=O) groups is 1. The lowest BCUT2D eigenvalue weighted by atomic mass is 10.0. The van der Waals surface area contributed by atoms with Crippen molar-refractivity contribution in [3.63, 3.8) is 0 Å². The van der Waals surface area contributed by atoms with Crippen molar-refractivity contribution in [2.75, 3.05) is 6.54 Å². The lowest BCUT2D eigenvalue weighted by molar-refractivity contribution is 0.0737. The Kier molecular flexibility index (Phi) is 3.66. The highest BCUT2D eigenvalue weighted by atomic mass is 79.9. The number of hydrogen-bond acceptors (Lipinski definition) is 4. The number of H-pyrrole nitrogens is 1. The molecule has 1 saturated carbocycles. The Hall–Kier alpha value is -2.67. The molecule has 0 spiro atoms. The molecule has 1 aromatic carbocycles. The molecule has 3 aromatic heterocycles. The van der Waals surface area contributed by atoms with E-state index in [0.29, 0.717) is 36.0 Å². The fraction of sp³-hybridized carbons (Fsp3) is 0.318. The van der Waals surface area contributed by atoms with E-state index in [2.05, 4.69) is 43.2 Å². The second kappa shape index (κ2) is 6.16. The second-order valence-electron chi connectivity index (χ2n) is 8.07. The zero-order valence-electron chi connectivity index (χ0n) is 16.0. The predicted octanol–water partition coefficient (Wildman–Crippen LogP) is 4.85. The Balaban J connectivity index is 1.42. The van der Waals surface area contributed by atoms with Gasteiger partial charge in [0.1, 0.15) is 0 Å². The molecule has 1 aliphatic carbocycles. The van der Waals surface area contributed by atoms with Gasteiger partial charge in [0.25, 0.3) is 11.6 Å². The Bertz CT molecular complexity index is 1300. The van der Waals surface area contributed by atoms with Crippen molar-refractivity contribution in [1.29, 1.82) is 0 Å². The van der Waals surface area contributed by atoms with E-state index >= 15 is 0 Å². The van der Waals surface area contributed by atoms with Crippen molar-refractivity contribution in [3.8, 4) is 0 Å². The number of nitrogens with one attached hydrogen (secondary N) is 1. The van der Waals surface area contributed by atoms with Crippen LogP contribution in [0, 0.1) is 6.92 Å². The molecule has 0 radical (unpaired) electrons. The van der Waals surface area contributed by atoms with Gasteiger partial charge in [0.2, 0.25) is 0 Å². The van der Waals surface area contributed by atoms with Gasteiger partial charge in [-0.25, -0.2) is 4.98 Å². The molecule has 6 nitrogen and oxygen atoms in total. The minimum absolute atomic E-state index is 0.0283. The maximum atomic E-state index is 13.6. The standard InChI is InChI=1S/C22H19BrN4O2/c1-11-20-15(9-19(12-2-3-12)25-21(20)29-26-11)22(28)27-7-6-18-16(10-27)14-8-13(23)4-5-17(14)24-18/h4-5,8-9,12,24H,2-3,6-7,10H2,1H3. The van der Waals surface area contributed by atoms with Crippen LogP contribution < -0.4 is 0 Å². The van der Waals surface area contributed by atoms with E-state index in [0.717, 1.165) is 40.3 Å². The van der Waals surface area contributed by atoms with E-state index < -0.39 is 0 Å². The van der Waals surface area contributed by atoms with Crippen LogP contribution in [0.3, 0.4) is 0 Å². The van der Waals surface area contributed by atoms with Crippen LogP contribution in [-0.2, 0) is 13.0 Å². The molecular weight excluding hydrogens is 432 g/mol. The zero-order valence-corrected chi connectivity index (χ0v) is 17.5. The molecule has 7 heteroatoms. The molecule has 1 N–H and O–H groups in total. The SMILES string of the molecule is Cc1noc2nc(C3CC3)cc(C(=O)N3CCc4[nH]c5ccc(Br)cc5c4C3)c12. The summed E-state index contributed by atoms with van der Waals surface area (Å²) in [5.74, 6) is 0.468. The number of aromatic amines is 1. The Morgan fingerprint density at radius 1 is 1.31 bits per heavy atom. The van der Waals surface area contributed by atoms with E-state index in [1.165, 1.54) is 16.6 Å². The van der Waals surface area contributed by atoms with Crippen LogP contribution in [0.1, 0.15) is 51.8 Å². The minimum atomic E-state index is 0.0283. The summed E-state index contributed by atoms with van der Waals surface area (Å²) >= 11 is 3.57. The molecule has 1 aliphatic heterocycles. The number of benzene rings is 1. The number of fused-ring (bicyclic) bond motifs is 4. The van der Waals surface area contributed by atoms with Crippen LogP contribution in [0.25, 0.3) is 22.0 Å². The predicted molar refractivity (Wildman–Crippen MR) is 113 cm³/mol. The fourth-order valence-corrected chi connectivity index (χ4v) is 4.76. The number of carbonyl (C=O) groups excluding carboxylic acids is 1. The number of aryl methyl sites for hydroxylation is 1. The van der Waals surface area contributed by atoms with Gasteiger partial charge in [-0.3, -0.25) is 4.79 Å². The van der Waals surface area contributed by atoms with Crippen molar-refractivity contribution < 1.29 is 9.32 Å². The van der Waals surface area contributed by atoms with Crippen molar-refractivity contribution in [2.45, 2.75) is 38.6 Å². The fourth-order valence-electron chi connectivity index (χ4n) is 4.40. The van der Waals surface area contributed by atoms with Crippen LogP contribution in [0.4, 0.5) is 0 Å². The van der Waals surface area contributed by atoms with Crippen LogP contribution in [0.5, 0.6) is 0 Å². The maximum Gasteiger partial charge on any atom is 0.259 e. The van der Waals surface area contributed by atoms with Crippen LogP contribution >= 0.6 is 15.9 Å². The van der Waals surface area contributed by atoms with E-state index in [9.17, 15) is 4.79 Å². The average molecular weight is 451 g/mol. The van der Waals surface area contributed by atoms with Crippen molar-refractivity contribution >= 4 is 43.8 Å². The minimum Gasteiger partial charge on any atom is -0.358 e. The molecule has 0 saturated heterocycles. The summed E-state index contributed by atoms with van der Waals surface area (Å²) in [5.41, 5.74) is 6.35. The van der Waals surface area contributed by atoms with Crippen LogP contribution in [0.15, 0.2) is 33.3 Å². The zero-order chi connectivity index (χ0) is 19.7. The first-order valence-electron chi connectivity index (χ1n) is 9.93. The highest BCUT2D eigenvalue weighted by Gasteiger charge is 2.31. The van der Waals surface area contributed by atoms with Crippen molar-refractivity contribution in [3.05, 3.63) is 56.9 Å². The Labute approximate surface area is 175 Å². The third kappa shape index (κ3) is 2.71. The number of pyridine rings is 1. The molecule has 0 bridgehead atoms. The second-order valence-corrected chi connectivity index (χ2v) is 8.98. The van der Waals surface area contributed by atoms with Gasteiger partial charge in [0.05, 0.1) is 16.6 Å². The molecule has 4 heterocycles. The molecule has 6 rings (SSSR count). The van der Waals surface area contributed by atoms with E-state index in [1.807, 2.05) is 24.0 Å². The van der Waals surface area contributed by atoms with Gasteiger partial charge in [-0.1, -0.05) is 21.1 Å². The summed E-state index contributed by atoms with van der Waals surface area (Å²) in [6.45, 7) is 3.15. The van der Waals surface area contributed by atoms with Crippen molar-refractivity contribution in [1.82, 2.24) is 20.0 Å². The first-order valence-corrected chi connectivity index (χ1v) is 10.7. The number of rotatable bonds is 2. The summed E-state index contributed by atoms with van der Waals surface area (Å²) in [4.78, 5) is 23.7. The van der Waals surface area contributed by atoms with Gasteiger partial charge >= 0.3 is 0 Å². The van der Waals surface area contributed by atoms with Crippen LogP contribution in [-0.4, -0.2) is 32.5 Å². The summed E-state index contributed by atoms with van der Waals surface area (Å²) in [7, 11) is 0. The monoisotopic (exact) mass is 450 g/mol. The molecule has 4 aromatic rings. The number of amides is 1. The van der Waals surface area contributed by atoms with E-state index in [1.54, 1.807) is 0 Å². The van der Waals surface area contributed by atoms with Gasteiger partial charge < -0.3 is 14.4 Å². The third-order valence-corrected chi connectivity index (χ3v) is 6.58. The normalized spacial score (nSPS) is 16.6. The summed E-state index contributed by atoms with van der Waals surface area (Å²) in [6.07, 6.45) is 3.06. The topological polar surface area (TPSA) is 75.0 Å². The quantitative estimate of drug-likeness (QED) is 0.473. The highest BCUT2D eigenvalue weighted by Crippen LogP contribution is 2.41. The lowest BCUT2D eigenvalue weighted by Crippen LogP contribution is -2.36. The van der Waals surface area contributed by atoms with E-state index in [4.69, 9.17) is 4.52 Å². The molecule has 1 amide bonds. The van der Waals surface area contributed by atoms with Gasteiger partial charge in [-0.15, -0.1) is 0 Å². The van der Waals surface area contributed by atoms with E-state index in [-0.39, 0.29) is 5.91 Å². The summed E-state index contributed by atoms with van der Waals surface area (Å²) < 4.78 is 6.46. The molecular formula is C22H19BrN4O2. The number of halogens is 1. The Morgan fingerprint density at radius 3 is 3.00 bits per heavy atom. The van der Waals surface area contributed by atoms with Gasteiger partial charge in [0.15, 0.2) is 0 Å². The van der Waals surface area contributed by atoms with Crippen molar-refractivity contribution in [2.24, 2.45) is 0 Å². The van der Waals surface area contributed by atoms with Gasteiger partial charge in [-0.05, 0) is 44.0 Å². The molecule has 1 fully saturated rings. The smallest absolute Gasteiger partial charge is 0.259 e. The van der Waals surface area contributed by atoms with Gasteiger partial charge in [-0.2, -0.15) is 0 Å². The highest BCUT2D eigenvalue weighted by molar-refractivity contribution is 9.10. The first-order chi connectivity index (χ1) is 14.1. The average Bonchev–Trinajstić information content (AvgIpc) is 3.43. The third-order valence-electron chi connectivity index (χ3n) is 6.09. The molecule has 0 atom stereocenters. The molecule has 29 heavy (non-hydrogen) atoms. The number of nitrogens with zero attached hydrogens (tertiary/aromatic N) is 3. The number of aromatic nitrogens is 3. The summed E-state index contributed by atoms with van der Waals surface area (Å²) in [5, 5.41) is 5.98. The molecule has 2 aliphatic rings. The summed E-state index contributed by atoms with van der Waals surface area (Å²) in [6, 6.07) is 8.21. The lowest BCUT2D eigenvalue weighted by Gasteiger charge is -2.27. The Morgan fingerprint density at radius 2 is 2.17 bits per heavy atom. The van der Waals surface area contributed by atoms with Gasteiger partial charge in [0, 0.05) is 57.8 Å².